The van der Waals surface area contributed by atoms with Crippen LogP contribution in [0, 0.1) is 5.92 Å². The highest BCUT2D eigenvalue weighted by Crippen LogP contribution is 2.14. The van der Waals surface area contributed by atoms with Crippen molar-refractivity contribution >= 4 is 0 Å². The molecule has 1 fully saturated rings. The average Bonchev–Trinajstić information content (AvgIpc) is 1.96. The van der Waals surface area contributed by atoms with Crippen LogP contribution in [0.5, 0.6) is 0 Å². The van der Waals surface area contributed by atoms with E-state index in [1.165, 1.54) is 0 Å². The molecular weight excluding hydrogens is 150 g/mol. The first kappa shape index (κ1) is 9.96. The van der Waals surface area contributed by atoms with Crippen molar-refractivity contribution in [1.29, 1.82) is 0 Å². The van der Waals surface area contributed by atoms with Crippen molar-refractivity contribution in [1.82, 2.24) is 9.80 Å². The quantitative estimate of drug-likeness (QED) is 0.626. The number of hydrogen-bond acceptors (Lipinski definition) is 3. The maximum Gasteiger partial charge on any atom is 0.0104 e. The molecule has 0 aromatic rings. The molecule has 3 nitrogen and oxygen atoms in total. The number of nitrogens with two attached hydrogens (primary N) is 1. The van der Waals surface area contributed by atoms with E-state index in [1.807, 2.05) is 0 Å². The lowest BCUT2D eigenvalue weighted by Crippen LogP contribution is -2.49. The molecule has 1 heterocycles. The summed E-state index contributed by atoms with van der Waals surface area (Å²) in [6.45, 7) is 3.43. The zero-order valence-corrected chi connectivity index (χ0v) is 8.45. The summed E-state index contributed by atoms with van der Waals surface area (Å²) in [5.74, 6) is 0.652. The number of hydrogen-bond donors (Lipinski definition) is 1. The third-order valence-electron chi connectivity index (χ3n) is 2.60. The molecule has 0 spiro atoms. The number of rotatable bonds is 2. The first-order valence-electron chi connectivity index (χ1n) is 4.68. The fraction of sp³-hybridized carbons (Fsp3) is 1.00. The predicted octanol–water partition coefficient (Wildman–Crippen LogP) is -0.173. The molecule has 0 saturated carbocycles. The van der Waals surface area contributed by atoms with E-state index in [4.69, 9.17) is 5.73 Å². The molecule has 1 aliphatic heterocycles. The van der Waals surface area contributed by atoms with Gasteiger partial charge in [-0.3, -0.25) is 0 Å². The smallest absolute Gasteiger partial charge is 0.0104 e. The normalized spacial score (nSPS) is 32.8. The number of piperidine rings is 1. The number of nitrogens with zero attached hydrogens (tertiary/aromatic N) is 2. The topological polar surface area (TPSA) is 32.5 Å². The highest BCUT2D eigenvalue weighted by molar-refractivity contribution is 4.82. The Morgan fingerprint density at radius 1 is 1.50 bits per heavy atom. The summed E-state index contributed by atoms with van der Waals surface area (Å²) >= 11 is 0. The second kappa shape index (κ2) is 4.21. The van der Waals surface area contributed by atoms with Crippen LogP contribution in [-0.2, 0) is 0 Å². The maximum atomic E-state index is 6.04. The van der Waals surface area contributed by atoms with Gasteiger partial charge in [0.2, 0.25) is 0 Å². The molecule has 0 amide bonds. The summed E-state index contributed by atoms with van der Waals surface area (Å²) < 4.78 is 0. The summed E-state index contributed by atoms with van der Waals surface area (Å²) in [5, 5.41) is 0. The third-order valence-corrected chi connectivity index (χ3v) is 2.60. The van der Waals surface area contributed by atoms with Crippen LogP contribution < -0.4 is 5.73 Å². The van der Waals surface area contributed by atoms with Crippen molar-refractivity contribution < 1.29 is 0 Å². The van der Waals surface area contributed by atoms with Crippen LogP contribution in [0.3, 0.4) is 0 Å². The molecule has 0 aromatic heterocycles. The van der Waals surface area contributed by atoms with E-state index in [2.05, 4.69) is 30.9 Å². The van der Waals surface area contributed by atoms with Gasteiger partial charge in [-0.2, -0.15) is 0 Å². The van der Waals surface area contributed by atoms with Crippen LogP contribution in [0.15, 0.2) is 0 Å². The van der Waals surface area contributed by atoms with Crippen molar-refractivity contribution in [3.05, 3.63) is 0 Å². The minimum absolute atomic E-state index is 0.406. The second-order valence-corrected chi connectivity index (χ2v) is 4.24. The Kier molecular flexibility index (Phi) is 3.50. The lowest BCUT2D eigenvalue weighted by molar-refractivity contribution is 0.156. The van der Waals surface area contributed by atoms with Crippen molar-refractivity contribution in [3.8, 4) is 0 Å². The van der Waals surface area contributed by atoms with E-state index in [0.29, 0.717) is 12.0 Å². The first-order valence-corrected chi connectivity index (χ1v) is 4.68. The first-order chi connectivity index (χ1) is 5.59. The van der Waals surface area contributed by atoms with Gasteiger partial charge in [-0.15, -0.1) is 0 Å². The summed E-state index contributed by atoms with van der Waals surface area (Å²) in [7, 11) is 6.40. The van der Waals surface area contributed by atoms with Gasteiger partial charge in [0.1, 0.15) is 0 Å². The SMILES string of the molecule is CN(C)CC1CN(C)CCC1N. The molecule has 3 heteroatoms. The van der Waals surface area contributed by atoms with E-state index in [0.717, 1.165) is 26.1 Å². The lowest BCUT2D eigenvalue weighted by Gasteiger charge is -2.36. The van der Waals surface area contributed by atoms with E-state index in [9.17, 15) is 0 Å². The van der Waals surface area contributed by atoms with Crippen LogP contribution in [-0.4, -0.2) is 56.6 Å². The van der Waals surface area contributed by atoms with E-state index < -0.39 is 0 Å². The molecule has 2 unspecified atom stereocenters. The van der Waals surface area contributed by atoms with Crippen molar-refractivity contribution in [2.24, 2.45) is 11.7 Å². The van der Waals surface area contributed by atoms with Gasteiger partial charge in [0.25, 0.3) is 0 Å². The zero-order chi connectivity index (χ0) is 9.14. The third kappa shape index (κ3) is 2.73. The zero-order valence-electron chi connectivity index (χ0n) is 8.45. The van der Waals surface area contributed by atoms with Gasteiger partial charge in [-0.25, -0.2) is 0 Å². The van der Waals surface area contributed by atoms with E-state index in [1.54, 1.807) is 0 Å². The van der Waals surface area contributed by atoms with Gasteiger partial charge in [0, 0.05) is 19.1 Å². The Bertz CT molecular complexity index is 134. The van der Waals surface area contributed by atoms with Crippen LogP contribution in [0.2, 0.25) is 0 Å². The standard InChI is InChI=1S/C9H21N3/c1-11(2)6-8-7-12(3)5-4-9(8)10/h8-9H,4-7,10H2,1-3H3. The molecule has 1 aliphatic rings. The minimum Gasteiger partial charge on any atom is -0.327 e. The number of likely N-dealkylation sites (tertiary alicyclic amines) is 1. The largest absolute Gasteiger partial charge is 0.327 e. The Hall–Kier alpha value is -0.120. The molecule has 0 aliphatic carbocycles. The molecule has 72 valence electrons. The highest BCUT2D eigenvalue weighted by Gasteiger charge is 2.24. The van der Waals surface area contributed by atoms with Gasteiger partial charge < -0.3 is 15.5 Å². The van der Waals surface area contributed by atoms with Crippen molar-refractivity contribution in [2.45, 2.75) is 12.5 Å². The molecule has 2 atom stereocenters. The molecule has 0 bridgehead atoms. The van der Waals surface area contributed by atoms with Crippen LogP contribution >= 0.6 is 0 Å². The van der Waals surface area contributed by atoms with E-state index >= 15 is 0 Å². The van der Waals surface area contributed by atoms with Crippen molar-refractivity contribution in [3.63, 3.8) is 0 Å². The van der Waals surface area contributed by atoms with Crippen LogP contribution in [0.1, 0.15) is 6.42 Å². The van der Waals surface area contributed by atoms with Crippen LogP contribution in [0.4, 0.5) is 0 Å². The van der Waals surface area contributed by atoms with Crippen molar-refractivity contribution in [2.75, 3.05) is 40.8 Å². The molecule has 1 rings (SSSR count). The Morgan fingerprint density at radius 2 is 2.17 bits per heavy atom. The Labute approximate surface area is 75.5 Å². The Morgan fingerprint density at radius 3 is 2.75 bits per heavy atom. The lowest BCUT2D eigenvalue weighted by atomic mass is 9.93. The molecule has 0 radical (unpaired) electrons. The summed E-state index contributed by atoms with van der Waals surface area (Å²) in [4.78, 5) is 4.60. The fourth-order valence-electron chi connectivity index (χ4n) is 1.89. The summed E-state index contributed by atoms with van der Waals surface area (Å²) in [5.41, 5.74) is 6.04. The molecule has 12 heavy (non-hydrogen) atoms. The van der Waals surface area contributed by atoms with Gasteiger partial charge in [0.15, 0.2) is 0 Å². The van der Waals surface area contributed by atoms with Gasteiger partial charge in [-0.1, -0.05) is 0 Å². The van der Waals surface area contributed by atoms with Gasteiger partial charge >= 0.3 is 0 Å². The monoisotopic (exact) mass is 171 g/mol. The molecule has 2 N–H and O–H groups in total. The van der Waals surface area contributed by atoms with Gasteiger partial charge in [0.05, 0.1) is 0 Å². The average molecular weight is 171 g/mol. The minimum atomic E-state index is 0.406. The Balaban J connectivity index is 2.38. The molecule has 0 aromatic carbocycles. The summed E-state index contributed by atoms with van der Waals surface area (Å²) in [6, 6.07) is 0.406. The second-order valence-electron chi connectivity index (χ2n) is 4.24. The fourth-order valence-corrected chi connectivity index (χ4v) is 1.89. The van der Waals surface area contributed by atoms with Gasteiger partial charge in [-0.05, 0) is 40.0 Å². The maximum absolute atomic E-state index is 6.04. The van der Waals surface area contributed by atoms with Crippen LogP contribution in [0.25, 0.3) is 0 Å². The molecule has 1 saturated heterocycles. The molecular formula is C9H21N3. The van der Waals surface area contributed by atoms with E-state index in [-0.39, 0.29) is 0 Å². The summed E-state index contributed by atoms with van der Waals surface area (Å²) in [6.07, 6.45) is 1.15. The highest BCUT2D eigenvalue weighted by atomic mass is 15.1. The predicted molar refractivity (Wildman–Crippen MR) is 52.1 cm³/mol.